The molecule has 1 aromatic heterocycles. The number of halogens is 1. The number of hydrogen-bond donors (Lipinski definition) is 0. The number of benzene rings is 3. The summed E-state index contributed by atoms with van der Waals surface area (Å²) in [5.74, 6) is -0.155. The molecule has 0 radical (unpaired) electrons. The first-order chi connectivity index (χ1) is 16.5. The van der Waals surface area contributed by atoms with E-state index in [4.69, 9.17) is 9.15 Å². The highest BCUT2D eigenvalue weighted by molar-refractivity contribution is 6.07. The second-order valence-electron chi connectivity index (χ2n) is 7.74. The maximum absolute atomic E-state index is 13.8. The summed E-state index contributed by atoms with van der Waals surface area (Å²) in [5, 5.41) is 0. The lowest BCUT2D eigenvalue weighted by Crippen LogP contribution is -2.30. The average molecular weight is 458 g/mol. The second kappa shape index (κ2) is 10.2. The third-order valence-corrected chi connectivity index (χ3v) is 5.37. The van der Waals surface area contributed by atoms with Crippen molar-refractivity contribution >= 4 is 17.6 Å². The highest BCUT2D eigenvalue weighted by atomic mass is 19.1. The van der Waals surface area contributed by atoms with E-state index >= 15 is 0 Å². The van der Waals surface area contributed by atoms with Gasteiger partial charge in [0.1, 0.15) is 17.3 Å². The van der Waals surface area contributed by atoms with Crippen LogP contribution >= 0.6 is 0 Å². The van der Waals surface area contributed by atoms with Crippen molar-refractivity contribution in [1.29, 1.82) is 0 Å². The number of nitrogens with zero attached hydrogens (tertiary/aromatic N) is 1. The van der Waals surface area contributed by atoms with E-state index in [1.54, 1.807) is 61.2 Å². The molecular weight excluding hydrogens is 433 g/mol. The molecule has 0 saturated heterocycles. The van der Waals surface area contributed by atoms with Crippen LogP contribution in [0.4, 0.5) is 10.1 Å². The van der Waals surface area contributed by atoms with Crippen molar-refractivity contribution in [2.45, 2.75) is 20.4 Å². The van der Waals surface area contributed by atoms with Crippen molar-refractivity contribution in [3.05, 3.63) is 113 Å². The van der Waals surface area contributed by atoms with Crippen molar-refractivity contribution in [3.63, 3.8) is 0 Å². The Bertz CT molecular complexity index is 1300. The van der Waals surface area contributed by atoms with Crippen LogP contribution < -0.4 is 4.90 Å². The summed E-state index contributed by atoms with van der Waals surface area (Å²) in [6.07, 6.45) is 0. The van der Waals surface area contributed by atoms with Gasteiger partial charge >= 0.3 is 5.97 Å². The molecule has 1 heterocycles. The monoisotopic (exact) mass is 457 g/mol. The number of aryl methyl sites for hydroxylation is 1. The molecule has 0 atom stereocenters. The Morgan fingerprint density at radius 3 is 2.38 bits per heavy atom. The lowest BCUT2D eigenvalue weighted by Gasteiger charge is -2.23. The molecule has 0 aliphatic carbocycles. The molecular formula is C28H24FNO4. The molecule has 0 N–H and O–H groups in total. The van der Waals surface area contributed by atoms with Crippen LogP contribution in [-0.2, 0) is 11.3 Å². The zero-order valence-corrected chi connectivity index (χ0v) is 19.0. The molecule has 0 spiro atoms. The number of carbonyl (C=O) groups is 2. The number of ether oxygens (including phenoxy) is 1. The van der Waals surface area contributed by atoms with Crippen LogP contribution in [-0.4, -0.2) is 18.5 Å². The zero-order chi connectivity index (χ0) is 24.1. The van der Waals surface area contributed by atoms with Gasteiger partial charge in [0.05, 0.1) is 24.3 Å². The minimum Gasteiger partial charge on any atom is -0.462 e. The van der Waals surface area contributed by atoms with E-state index in [0.717, 1.165) is 5.56 Å². The summed E-state index contributed by atoms with van der Waals surface area (Å²) in [6.45, 7) is 4.02. The van der Waals surface area contributed by atoms with Crippen LogP contribution in [0.2, 0.25) is 0 Å². The minimum absolute atomic E-state index is 0.260. The zero-order valence-electron chi connectivity index (χ0n) is 19.0. The Labute approximate surface area is 197 Å². The highest BCUT2D eigenvalue weighted by Crippen LogP contribution is 2.29. The van der Waals surface area contributed by atoms with E-state index in [1.165, 1.54) is 12.1 Å². The molecule has 0 aliphatic rings. The molecule has 0 aliphatic heterocycles. The molecule has 4 rings (SSSR count). The molecule has 6 heteroatoms. The van der Waals surface area contributed by atoms with E-state index in [9.17, 15) is 14.0 Å². The van der Waals surface area contributed by atoms with Crippen LogP contribution in [0.3, 0.4) is 0 Å². The van der Waals surface area contributed by atoms with Gasteiger partial charge in [0.25, 0.3) is 5.91 Å². The first-order valence-corrected chi connectivity index (χ1v) is 11.0. The lowest BCUT2D eigenvalue weighted by atomic mass is 10.1. The third-order valence-electron chi connectivity index (χ3n) is 5.37. The minimum atomic E-state index is -0.449. The maximum Gasteiger partial charge on any atom is 0.338 e. The van der Waals surface area contributed by atoms with Crippen molar-refractivity contribution in [3.8, 4) is 11.3 Å². The Morgan fingerprint density at radius 2 is 1.68 bits per heavy atom. The maximum atomic E-state index is 13.8. The molecule has 0 fully saturated rings. The molecule has 4 aromatic rings. The number of anilines is 1. The molecule has 1 amide bonds. The number of hydrogen-bond acceptors (Lipinski definition) is 4. The fraction of sp³-hybridized carbons (Fsp3) is 0.143. The van der Waals surface area contributed by atoms with E-state index in [1.807, 2.05) is 30.3 Å². The van der Waals surface area contributed by atoms with Gasteiger partial charge < -0.3 is 14.1 Å². The van der Waals surface area contributed by atoms with Crippen molar-refractivity contribution in [2.75, 3.05) is 11.5 Å². The smallest absolute Gasteiger partial charge is 0.338 e. The molecule has 172 valence electrons. The van der Waals surface area contributed by atoms with Gasteiger partial charge in [-0.25, -0.2) is 9.18 Å². The first-order valence-electron chi connectivity index (χ1n) is 11.0. The van der Waals surface area contributed by atoms with Gasteiger partial charge in [-0.15, -0.1) is 0 Å². The Kier molecular flexibility index (Phi) is 6.87. The number of carbonyl (C=O) groups excluding carboxylic acids is 2. The molecule has 0 bridgehead atoms. The number of amides is 1. The van der Waals surface area contributed by atoms with Crippen LogP contribution in [0.5, 0.6) is 0 Å². The van der Waals surface area contributed by atoms with Crippen molar-refractivity contribution < 1.29 is 23.1 Å². The Balaban J connectivity index is 1.72. The van der Waals surface area contributed by atoms with E-state index in [-0.39, 0.29) is 18.3 Å². The fourth-order valence-electron chi connectivity index (χ4n) is 3.66. The van der Waals surface area contributed by atoms with Gasteiger partial charge in [0, 0.05) is 11.3 Å². The van der Waals surface area contributed by atoms with Crippen LogP contribution in [0.15, 0.2) is 89.3 Å². The topological polar surface area (TPSA) is 59.8 Å². The first kappa shape index (κ1) is 23.0. The molecule has 34 heavy (non-hydrogen) atoms. The summed E-state index contributed by atoms with van der Waals surface area (Å²) in [6, 6.07) is 23.9. The summed E-state index contributed by atoms with van der Waals surface area (Å²) in [4.78, 5) is 27.7. The molecule has 0 unspecified atom stereocenters. The Hall–Kier alpha value is -4.19. The van der Waals surface area contributed by atoms with Crippen LogP contribution in [0.25, 0.3) is 11.3 Å². The van der Waals surface area contributed by atoms with Gasteiger partial charge in [-0.2, -0.15) is 0 Å². The van der Waals surface area contributed by atoms with Crippen LogP contribution in [0.1, 0.15) is 39.0 Å². The van der Waals surface area contributed by atoms with Crippen molar-refractivity contribution in [1.82, 2.24) is 0 Å². The summed E-state index contributed by atoms with van der Waals surface area (Å²) in [7, 11) is 0. The van der Waals surface area contributed by atoms with E-state index in [2.05, 4.69) is 0 Å². The largest absolute Gasteiger partial charge is 0.462 e. The summed E-state index contributed by atoms with van der Waals surface area (Å²) >= 11 is 0. The van der Waals surface area contributed by atoms with Crippen LogP contribution in [0, 0.1) is 12.7 Å². The number of rotatable bonds is 7. The SMILES string of the molecule is CCOC(=O)c1cccc(N(Cc2ccccc2)C(=O)c2cc(-c3ccc(F)cc3)oc2C)c1. The van der Waals surface area contributed by atoms with Gasteiger partial charge in [-0.1, -0.05) is 36.4 Å². The van der Waals surface area contributed by atoms with Gasteiger partial charge in [-0.05, 0) is 67.9 Å². The number of furan rings is 1. The normalized spacial score (nSPS) is 10.7. The van der Waals surface area contributed by atoms with Gasteiger partial charge in [-0.3, -0.25) is 4.79 Å². The van der Waals surface area contributed by atoms with Gasteiger partial charge in [0.2, 0.25) is 0 Å². The fourth-order valence-corrected chi connectivity index (χ4v) is 3.66. The predicted octanol–water partition coefficient (Wildman–Crippen LogP) is 6.42. The van der Waals surface area contributed by atoms with E-state index in [0.29, 0.717) is 40.4 Å². The Morgan fingerprint density at radius 1 is 0.941 bits per heavy atom. The summed E-state index contributed by atoms with van der Waals surface area (Å²) in [5.41, 5.74) is 2.90. The summed E-state index contributed by atoms with van der Waals surface area (Å²) < 4.78 is 24.3. The lowest BCUT2D eigenvalue weighted by molar-refractivity contribution is 0.0526. The second-order valence-corrected chi connectivity index (χ2v) is 7.74. The third kappa shape index (κ3) is 5.07. The standard InChI is InChI=1S/C28H24FNO4/c1-3-33-28(32)22-10-7-11-24(16-22)30(18-20-8-5-4-6-9-20)27(31)25-17-26(34-19(25)2)21-12-14-23(29)15-13-21/h4-17H,3,18H2,1-2H3. The highest BCUT2D eigenvalue weighted by Gasteiger charge is 2.24. The van der Waals surface area contributed by atoms with Crippen molar-refractivity contribution in [2.24, 2.45) is 0 Å². The van der Waals surface area contributed by atoms with Gasteiger partial charge in [0.15, 0.2) is 0 Å². The quantitative estimate of drug-likeness (QED) is 0.301. The predicted molar refractivity (Wildman–Crippen MR) is 128 cm³/mol. The molecule has 5 nitrogen and oxygen atoms in total. The average Bonchev–Trinajstić information content (AvgIpc) is 3.25. The molecule has 0 saturated carbocycles. The molecule has 3 aromatic carbocycles. The van der Waals surface area contributed by atoms with E-state index < -0.39 is 5.97 Å². The number of esters is 1.